The Labute approximate surface area is 171 Å². The van der Waals surface area contributed by atoms with Gasteiger partial charge in [0.05, 0.1) is 23.7 Å². The number of nitrogens with one attached hydrogen (secondary N) is 1. The first kappa shape index (κ1) is 21.5. The molecular weight excluding hydrogens is 399 g/mol. The van der Waals surface area contributed by atoms with Crippen LogP contribution in [0.4, 0.5) is 23.8 Å². The first-order valence-electron chi connectivity index (χ1n) is 9.44. The van der Waals surface area contributed by atoms with Crippen LogP contribution in [0.15, 0.2) is 36.7 Å². The van der Waals surface area contributed by atoms with Gasteiger partial charge in [-0.25, -0.2) is 9.78 Å². The summed E-state index contributed by atoms with van der Waals surface area (Å²) in [7, 11) is 1.67. The van der Waals surface area contributed by atoms with Crippen molar-refractivity contribution in [1.29, 1.82) is 0 Å². The number of aromatic nitrogens is 2. The van der Waals surface area contributed by atoms with Gasteiger partial charge in [0.15, 0.2) is 5.82 Å². The summed E-state index contributed by atoms with van der Waals surface area (Å²) in [6.45, 7) is 2.73. The third-order valence-electron chi connectivity index (χ3n) is 5.15. The van der Waals surface area contributed by atoms with Crippen molar-refractivity contribution < 1.29 is 22.8 Å². The zero-order valence-electron chi connectivity index (χ0n) is 16.6. The number of urea groups is 1. The summed E-state index contributed by atoms with van der Waals surface area (Å²) in [5.41, 5.74) is -0.217. The SMILES string of the molecule is CC(=O)N1CCC(N(C)C(=O)Nc2cnc(-c3cccc(C(F)(F)F)c3)cn2)CC1. The van der Waals surface area contributed by atoms with E-state index in [1.54, 1.807) is 16.8 Å². The topological polar surface area (TPSA) is 78.4 Å². The number of nitrogens with zero attached hydrogens (tertiary/aromatic N) is 4. The number of alkyl halides is 3. The number of hydrogen-bond donors (Lipinski definition) is 1. The molecule has 1 fully saturated rings. The molecule has 1 aromatic carbocycles. The quantitative estimate of drug-likeness (QED) is 0.821. The van der Waals surface area contributed by atoms with Crippen LogP contribution in [0.1, 0.15) is 25.3 Å². The fourth-order valence-electron chi connectivity index (χ4n) is 3.33. The Morgan fingerprint density at radius 1 is 1.17 bits per heavy atom. The molecule has 0 unspecified atom stereocenters. The highest BCUT2D eigenvalue weighted by Crippen LogP contribution is 2.31. The largest absolute Gasteiger partial charge is 0.416 e. The molecule has 1 saturated heterocycles. The van der Waals surface area contributed by atoms with Crippen molar-refractivity contribution >= 4 is 17.8 Å². The predicted octanol–water partition coefficient (Wildman–Crippen LogP) is 3.64. The molecular formula is C20H22F3N5O2. The molecule has 30 heavy (non-hydrogen) atoms. The lowest BCUT2D eigenvalue weighted by Gasteiger charge is -2.36. The van der Waals surface area contributed by atoms with E-state index in [9.17, 15) is 22.8 Å². The van der Waals surface area contributed by atoms with E-state index in [1.807, 2.05) is 0 Å². The summed E-state index contributed by atoms with van der Waals surface area (Å²) in [5.74, 6) is 0.223. The summed E-state index contributed by atoms with van der Waals surface area (Å²) in [4.78, 5) is 35.4. The average Bonchev–Trinajstić information content (AvgIpc) is 2.73. The minimum Gasteiger partial charge on any atom is -0.343 e. The van der Waals surface area contributed by atoms with Crippen LogP contribution in [-0.2, 0) is 11.0 Å². The maximum Gasteiger partial charge on any atom is 0.416 e. The van der Waals surface area contributed by atoms with Crippen molar-refractivity contribution in [3.8, 4) is 11.3 Å². The summed E-state index contributed by atoms with van der Waals surface area (Å²) in [6, 6.07) is 4.45. The van der Waals surface area contributed by atoms with Crippen LogP contribution < -0.4 is 5.32 Å². The van der Waals surface area contributed by atoms with Crippen molar-refractivity contribution in [3.63, 3.8) is 0 Å². The lowest BCUT2D eigenvalue weighted by atomic mass is 10.0. The van der Waals surface area contributed by atoms with E-state index < -0.39 is 11.7 Å². The highest BCUT2D eigenvalue weighted by molar-refractivity contribution is 5.88. The number of rotatable bonds is 3. The standard InChI is InChI=1S/C20H22F3N5O2/c1-13(29)28-8-6-16(7-9-28)27(2)19(30)26-18-12-24-17(11-25-18)14-4-3-5-15(10-14)20(21,22)23/h3-5,10-12,16H,6-9H2,1-2H3,(H,25,26,30). The van der Waals surface area contributed by atoms with E-state index in [-0.39, 0.29) is 35.1 Å². The molecule has 3 rings (SSSR count). The monoisotopic (exact) mass is 421 g/mol. The van der Waals surface area contributed by atoms with Crippen molar-refractivity contribution in [1.82, 2.24) is 19.8 Å². The maximum atomic E-state index is 12.9. The van der Waals surface area contributed by atoms with Crippen LogP contribution >= 0.6 is 0 Å². The minimum atomic E-state index is -4.44. The first-order chi connectivity index (χ1) is 14.1. The zero-order valence-corrected chi connectivity index (χ0v) is 16.6. The molecule has 0 bridgehead atoms. The molecule has 10 heteroatoms. The molecule has 160 valence electrons. The van der Waals surface area contributed by atoms with Crippen molar-refractivity contribution in [2.24, 2.45) is 0 Å². The summed E-state index contributed by atoms with van der Waals surface area (Å²) >= 11 is 0. The Morgan fingerprint density at radius 2 is 1.87 bits per heavy atom. The number of hydrogen-bond acceptors (Lipinski definition) is 4. The molecule has 0 aliphatic carbocycles. The van der Waals surface area contributed by atoms with E-state index in [0.717, 1.165) is 12.1 Å². The molecule has 0 spiro atoms. The Bertz CT molecular complexity index is 909. The van der Waals surface area contributed by atoms with E-state index in [4.69, 9.17) is 0 Å². The summed E-state index contributed by atoms with van der Waals surface area (Å²) < 4.78 is 38.6. The number of carbonyl (C=O) groups excluding carboxylic acids is 2. The molecule has 1 aliphatic rings. The zero-order chi connectivity index (χ0) is 21.9. The van der Waals surface area contributed by atoms with Gasteiger partial charge in [-0.15, -0.1) is 0 Å². The minimum absolute atomic E-state index is 0.00191. The van der Waals surface area contributed by atoms with Gasteiger partial charge < -0.3 is 9.80 Å². The molecule has 0 radical (unpaired) electrons. The molecule has 0 atom stereocenters. The van der Waals surface area contributed by atoms with Gasteiger partial charge in [0.1, 0.15) is 0 Å². The first-order valence-corrected chi connectivity index (χ1v) is 9.44. The van der Waals surface area contributed by atoms with Crippen LogP contribution in [0.25, 0.3) is 11.3 Å². The van der Waals surface area contributed by atoms with Crippen molar-refractivity contribution in [2.45, 2.75) is 32.0 Å². The maximum absolute atomic E-state index is 12.9. The summed E-state index contributed by atoms with van der Waals surface area (Å²) in [6.07, 6.45) is -0.452. The third-order valence-corrected chi connectivity index (χ3v) is 5.15. The molecule has 1 aliphatic heterocycles. The molecule has 0 saturated carbocycles. The number of piperidine rings is 1. The lowest BCUT2D eigenvalue weighted by Crippen LogP contribution is -2.48. The molecule has 2 heterocycles. The number of benzene rings is 1. The van der Waals surface area contributed by atoms with E-state index in [1.165, 1.54) is 31.5 Å². The Morgan fingerprint density at radius 3 is 2.43 bits per heavy atom. The van der Waals surface area contributed by atoms with Crippen LogP contribution in [0.2, 0.25) is 0 Å². The summed E-state index contributed by atoms with van der Waals surface area (Å²) in [5, 5.41) is 2.64. The highest BCUT2D eigenvalue weighted by Gasteiger charge is 2.30. The van der Waals surface area contributed by atoms with E-state index >= 15 is 0 Å². The fraction of sp³-hybridized carbons (Fsp3) is 0.400. The predicted molar refractivity (Wildman–Crippen MR) is 105 cm³/mol. The molecule has 3 amide bonds. The van der Waals surface area contributed by atoms with Gasteiger partial charge in [0, 0.05) is 38.7 Å². The highest BCUT2D eigenvalue weighted by atomic mass is 19.4. The Balaban J connectivity index is 1.62. The molecule has 7 nitrogen and oxygen atoms in total. The van der Waals surface area contributed by atoms with Crippen LogP contribution in [0.5, 0.6) is 0 Å². The van der Waals surface area contributed by atoms with Crippen LogP contribution in [0.3, 0.4) is 0 Å². The van der Waals surface area contributed by atoms with Gasteiger partial charge in [-0.1, -0.05) is 12.1 Å². The average molecular weight is 421 g/mol. The second-order valence-electron chi connectivity index (χ2n) is 7.14. The van der Waals surface area contributed by atoms with E-state index in [2.05, 4.69) is 15.3 Å². The van der Waals surface area contributed by atoms with Gasteiger partial charge in [-0.3, -0.25) is 15.1 Å². The fourth-order valence-corrected chi connectivity index (χ4v) is 3.33. The number of likely N-dealkylation sites (tertiary alicyclic amines) is 1. The molecule has 1 N–H and O–H groups in total. The number of amides is 3. The molecule has 1 aromatic heterocycles. The van der Waals surface area contributed by atoms with Crippen molar-refractivity contribution in [2.75, 3.05) is 25.5 Å². The van der Waals surface area contributed by atoms with Gasteiger partial charge in [-0.05, 0) is 25.0 Å². The molecule has 2 aromatic rings. The van der Waals surface area contributed by atoms with Gasteiger partial charge >= 0.3 is 12.2 Å². The van der Waals surface area contributed by atoms with Crippen molar-refractivity contribution in [3.05, 3.63) is 42.2 Å². The second-order valence-corrected chi connectivity index (χ2v) is 7.14. The third kappa shape index (κ3) is 5.05. The number of carbonyl (C=O) groups is 2. The van der Waals surface area contributed by atoms with Crippen LogP contribution in [-0.4, -0.2) is 57.9 Å². The van der Waals surface area contributed by atoms with Gasteiger partial charge in [0.2, 0.25) is 5.91 Å². The normalized spacial score (nSPS) is 15.0. The number of anilines is 1. The smallest absolute Gasteiger partial charge is 0.343 e. The van der Waals surface area contributed by atoms with Gasteiger partial charge in [-0.2, -0.15) is 13.2 Å². The lowest BCUT2D eigenvalue weighted by molar-refractivity contribution is -0.137. The second kappa shape index (κ2) is 8.68. The van der Waals surface area contributed by atoms with Crippen LogP contribution in [0, 0.1) is 0 Å². The Hall–Kier alpha value is -3.17. The van der Waals surface area contributed by atoms with E-state index in [0.29, 0.717) is 25.9 Å². The Kier molecular flexibility index (Phi) is 6.23. The van der Waals surface area contributed by atoms with Gasteiger partial charge in [0.25, 0.3) is 0 Å². The number of halogens is 3.